The minimum Gasteiger partial charge on any atom is -0.466 e. The Morgan fingerprint density at radius 3 is 2.53 bits per heavy atom. The highest BCUT2D eigenvalue weighted by Gasteiger charge is 2.24. The molecule has 19 heavy (non-hydrogen) atoms. The minimum atomic E-state index is -0.167. The zero-order valence-electron chi connectivity index (χ0n) is 11.4. The van der Waals surface area contributed by atoms with Crippen LogP contribution in [0.4, 0.5) is 0 Å². The molecule has 1 heterocycles. The fraction of sp³-hybridized carbons (Fsp3) is 0.615. The second-order valence-corrected chi connectivity index (χ2v) is 6.56. The van der Waals surface area contributed by atoms with Crippen molar-refractivity contribution in [3.63, 3.8) is 0 Å². The van der Waals surface area contributed by atoms with Crippen LogP contribution in [-0.4, -0.2) is 30.6 Å². The van der Waals surface area contributed by atoms with E-state index < -0.39 is 0 Å². The Morgan fingerprint density at radius 1 is 1.47 bits per heavy atom. The highest BCUT2D eigenvalue weighted by molar-refractivity contribution is 9.10. The number of carbonyl (C=O) groups is 1. The summed E-state index contributed by atoms with van der Waals surface area (Å²) >= 11 is 11.0. The number of hydrogen-bond donors (Lipinski definition) is 0. The van der Waals surface area contributed by atoms with Gasteiger partial charge in [-0.05, 0) is 42.0 Å². The Hall–Kier alpha value is -0.100. The van der Waals surface area contributed by atoms with Crippen LogP contribution >= 0.6 is 38.9 Å². The predicted molar refractivity (Wildman–Crippen MR) is 83.9 cm³/mol. The quantitative estimate of drug-likeness (QED) is 0.664. The van der Waals surface area contributed by atoms with Crippen molar-refractivity contribution in [3.05, 3.63) is 19.8 Å². The van der Waals surface area contributed by atoms with E-state index in [1.807, 2.05) is 13.0 Å². The molecule has 0 aliphatic heterocycles. The molecular formula is C13H19BrClNO2S. The monoisotopic (exact) mass is 367 g/mol. The van der Waals surface area contributed by atoms with E-state index in [4.69, 9.17) is 16.3 Å². The van der Waals surface area contributed by atoms with E-state index in [-0.39, 0.29) is 12.0 Å². The van der Waals surface area contributed by atoms with Crippen molar-refractivity contribution in [2.45, 2.75) is 33.2 Å². The number of nitrogens with zero attached hydrogens (tertiary/aromatic N) is 1. The molecule has 0 aliphatic carbocycles. The highest BCUT2D eigenvalue weighted by Crippen LogP contribution is 2.38. The molecule has 0 bridgehead atoms. The molecule has 0 N–H and O–H groups in total. The van der Waals surface area contributed by atoms with Crippen LogP contribution in [0.15, 0.2) is 10.5 Å². The molecular weight excluding hydrogens is 350 g/mol. The van der Waals surface area contributed by atoms with Gasteiger partial charge in [-0.3, -0.25) is 9.69 Å². The van der Waals surface area contributed by atoms with Gasteiger partial charge in [0, 0.05) is 9.35 Å². The van der Waals surface area contributed by atoms with Crippen molar-refractivity contribution in [3.8, 4) is 0 Å². The van der Waals surface area contributed by atoms with Crippen LogP contribution in [0, 0.1) is 0 Å². The van der Waals surface area contributed by atoms with Crippen molar-refractivity contribution in [2.24, 2.45) is 0 Å². The summed E-state index contributed by atoms with van der Waals surface area (Å²) < 4.78 is 6.67. The van der Waals surface area contributed by atoms with Crippen LogP contribution in [0.1, 0.15) is 38.1 Å². The lowest BCUT2D eigenvalue weighted by molar-refractivity contribution is -0.144. The van der Waals surface area contributed by atoms with Crippen LogP contribution in [0.3, 0.4) is 0 Å². The molecule has 6 heteroatoms. The van der Waals surface area contributed by atoms with Gasteiger partial charge in [-0.1, -0.05) is 25.4 Å². The van der Waals surface area contributed by atoms with Gasteiger partial charge in [0.15, 0.2) is 0 Å². The summed E-state index contributed by atoms with van der Waals surface area (Å²) in [5, 5.41) is 0. The summed E-state index contributed by atoms with van der Waals surface area (Å²) in [6, 6.07) is 2.03. The van der Waals surface area contributed by atoms with Crippen molar-refractivity contribution < 1.29 is 9.53 Å². The van der Waals surface area contributed by atoms with Gasteiger partial charge in [-0.25, -0.2) is 0 Å². The number of halogens is 2. The average molecular weight is 369 g/mol. The first-order valence-electron chi connectivity index (χ1n) is 6.37. The van der Waals surface area contributed by atoms with E-state index in [1.165, 1.54) is 11.3 Å². The van der Waals surface area contributed by atoms with Crippen LogP contribution in [0.5, 0.6) is 0 Å². The summed E-state index contributed by atoms with van der Waals surface area (Å²) in [6.45, 7) is 8.18. The first-order chi connectivity index (χ1) is 9.03. The van der Waals surface area contributed by atoms with Gasteiger partial charge < -0.3 is 4.74 Å². The first-order valence-corrected chi connectivity index (χ1v) is 8.36. The zero-order valence-corrected chi connectivity index (χ0v) is 14.6. The maximum Gasteiger partial charge on any atom is 0.307 e. The van der Waals surface area contributed by atoms with Crippen LogP contribution in [-0.2, 0) is 9.53 Å². The van der Waals surface area contributed by atoms with Gasteiger partial charge in [0.2, 0.25) is 0 Å². The normalized spacial score (nSPS) is 12.7. The third kappa shape index (κ3) is 4.74. The summed E-state index contributed by atoms with van der Waals surface area (Å²) in [4.78, 5) is 15.1. The summed E-state index contributed by atoms with van der Waals surface area (Å²) in [5.74, 6) is -0.167. The SMILES string of the molecule is CCOC(=O)CC(c1cc(Br)c(Cl)s1)N(CC)CC. The number of ether oxygens (including phenoxy) is 1. The molecule has 0 saturated carbocycles. The van der Waals surface area contributed by atoms with E-state index in [1.54, 1.807) is 0 Å². The molecule has 108 valence electrons. The van der Waals surface area contributed by atoms with E-state index in [2.05, 4.69) is 34.7 Å². The molecule has 0 saturated heterocycles. The maximum atomic E-state index is 11.8. The van der Waals surface area contributed by atoms with E-state index in [9.17, 15) is 4.79 Å². The summed E-state index contributed by atoms with van der Waals surface area (Å²) in [7, 11) is 0. The molecule has 1 aromatic heterocycles. The van der Waals surface area contributed by atoms with Gasteiger partial charge >= 0.3 is 5.97 Å². The Balaban J connectivity index is 2.94. The Morgan fingerprint density at radius 2 is 2.11 bits per heavy atom. The summed E-state index contributed by atoms with van der Waals surface area (Å²) in [6.07, 6.45) is 0.360. The van der Waals surface area contributed by atoms with Crippen LogP contribution in [0.2, 0.25) is 4.34 Å². The molecule has 3 nitrogen and oxygen atoms in total. The highest BCUT2D eigenvalue weighted by atomic mass is 79.9. The molecule has 1 unspecified atom stereocenters. The number of rotatable bonds is 7. The van der Waals surface area contributed by atoms with Gasteiger partial charge in [-0.2, -0.15) is 0 Å². The fourth-order valence-corrected chi connectivity index (χ4v) is 3.85. The largest absolute Gasteiger partial charge is 0.466 e. The smallest absolute Gasteiger partial charge is 0.307 e. The first kappa shape index (κ1) is 17.0. The van der Waals surface area contributed by atoms with E-state index in [0.29, 0.717) is 13.0 Å². The fourth-order valence-electron chi connectivity index (χ4n) is 1.98. The molecule has 0 aromatic carbocycles. The third-order valence-corrected chi connectivity index (χ3v) is 5.49. The van der Waals surface area contributed by atoms with Crippen molar-refractivity contribution in [2.75, 3.05) is 19.7 Å². The average Bonchev–Trinajstić information content (AvgIpc) is 2.70. The lowest BCUT2D eigenvalue weighted by atomic mass is 10.1. The zero-order chi connectivity index (χ0) is 14.4. The lowest BCUT2D eigenvalue weighted by Gasteiger charge is -2.28. The summed E-state index contributed by atoms with van der Waals surface area (Å²) in [5.41, 5.74) is 0. The molecule has 0 radical (unpaired) electrons. The predicted octanol–water partition coefficient (Wildman–Crippen LogP) is 4.50. The molecule has 1 atom stereocenters. The van der Waals surface area contributed by atoms with Gasteiger partial charge in [-0.15, -0.1) is 11.3 Å². The van der Waals surface area contributed by atoms with Gasteiger partial charge in [0.05, 0.1) is 19.1 Å². The Bertz CT molecular complexity index is 401. The standard InChI is InChI=1S/C13H19BrClNO2S/c1-4-16(5-2)10(8-12(17)18-6-3)11-7-9(14)13(15)19-11/h7,10H,4-6,8H2,1-3H3. The molecule has 0 aliphatic rings. The Kier molecular flexibility index (Phi) is 7.36. The van der Waals surface area contributed by atoms with Gasteiger partial charge in [0.25, 0.3) is 0 Å². The second kappa shape index (κ2) is 8.25. The van der Waals surface area contributed by atoms with Crippen molar-refractivity contribution >= 4 is 44.8 Å². The number of hydrogen-bond acceptors (Lipinski definition) is 4. The number of carbonyl (C=O) groups excluding carboxylic acids is 1. The number of thiophene rings is 1. The van der Waals surface area contributed by atoms with Crippen LogP contribution in [0.25, 0.3) is 0 Å². The molecule has 0 spiro atoms. The Labute approximate surface area is 132 Å². The van der Waals surface area contributed by atoms with Crippen molar-refractivity contribution in [1.29, 1.82) is 0 Å². The van der Waals surface area contributed by atoms with Crippen LogP contribution < -0.4 is 0 Å². The third-order valence-electron chi connectivity index (χ3n) is 2.91. The van der Waals surface area contributed by atoms with Gasteiger partial charge in [0.1, 0.15) is 4.34 Å². The molecule has 0 amide bonds. The van der Waals surface area contributed by atoms with E-state index in [0.717, 1.165) is 26.8 Å². The second-order valence-electron chi connectivity index (χ2n) is 4.02. The van der Waals surface area contributed by atoms with Crippen molar-refractivity contribution in [1.82, 2.24) is 4.90 Å². The van der Waals surface area contributed by atoms with E-state index >= 15 is 0 Å². The lowest BCUT2D eigenvalue weighted by Crippen LogP contribution is -2.30. The molecule has 1 rings (SSSR count). The molecule has 0 fully saturated rings. The topological polar surface area (TPSA) is 29.5 Å². The number of esters is 1. The maximum absolute atomic E-state index is 11.8. The minimum absolute atomic E-state index is 0.0304. The molecule has 1 aromatic rings.